The van der Waals surface area contributed by atoms with Gasteiger partial charge in [-0.1, -0.05) is 18.2 Å². The molecule has 152 valence electrons. The van der Waals surface area contributed by atoms with Crippen molar-refractivity contribution in [1.82, 2.24) is 9.88 Å². The summed E-state index contributed by atoms with van der Waals surface area (Å²) in [5.74, 6) is 1.78. The van der Waals surface area contributed by atoms with Crippen molar-refractivity contribution in [3.05, 3.63) is 54.2 Å². The van der Waals surface area contributed by atoms with E-state index in [0.717, 1.165) is 31.1 Å². The van der Waals surface area contributed by atoms with Crippen LogP contribution in [0.15, 0.2) is 48.7 Å². The van der Waals surface area contributed by atoms with Crippen LogP contribution in [0.5, 0.6) is 5.75 Å². The van der Waals surface area contributed by atoms with E-state index < -0.39 is 5.60 Å². The second-order valence-corrected chi connectivity index (χ2v) is 7.45. The Morgan fingerprint density at radius 2 is 2.00 bits per heavy atom. The monoisotopic (exact) mass is 385 g/mol. The van der Waals surface area contributed by atoms with E-state index in [1.165, 1.54) is 5.56 Å². The molecule has 1 fully saturated rings. The molecule has 0 saturated carbocycles. The maximum absolute atomic E-state index is 11.0. The van der Waals surface area contributed by atoms with Crippen molar-refractivity contribution < 1.29 is 14.6 Å². The highest BCUT2D eigenvalue weighted by Crippen LogP contribution is 2.26. The van der Waals surface area contributed by atoms with Crippen molar-refractivity contribution in [2.45, 2.75) is 25.5 Å². The summed E-state index contributed by atoms with van der Waals surface area (Å²) >= 11 is 0. The van der Waals surface area contributed by atoms with Gasteiger partial charge in [0.1, 0.15) is 18.2 Å². The molecule has 1 aromatic carbocycles. The van der Waals surface area contributed by atoms with E-state index in [1.807, 2.05) is 44.3 Å². The second kappa shape index (κ2) is 9.87. The molecule has 1 aliphatic heterocycles. The van der Waals surface area contributed by atoms with E-state index in [9.17, 15) is 5.11 Å². The molecule has 0 bridgehead atoms. The predicted octanol–water partition coefficient (Wildman–Crippen LogP) is 2.57. The molecule has 0 amide bonds. The summed E-state index contributed by atoms with van der Waals surface area (Å²) in [6.07, 6.45) is 2.55. The number of hydrogen-bond donors (Lipinski definition) is 1. The van der Waals surface area contributed by atoms with Crippen LogP contribution in [-0.4, -0.2) is 67.1 Å². The summed E-state index contributed by atoms with van der Waals surface area (Å²) in [6.45, 7) is 6.70. The van der Waals surface area contributed by atoms with Crippen LogP contribution in [0.3, 0.4) is 0 Å². The van der Waals surface area contributed by atoms with E-state index in [2.05, 4.69) is 26.9 Å². The lowest BCUT2D eigenvalue weighted by atomic mass is 10.0. The average molecular weight is 386 g/mol. The SMILES string of the molecule is CCOCCOc1ccc(CN(C)CC2(O)CCN(c3ccccn3)C2)cc1. The number of anilines is 1. The fourth-order valence-electron chi connectivity index (χ4n) is 3.65. The van der Waals surface area contributed by atoms with Gasteiger partial charge in [0.2, 0.25) is 0 Å². The van der Waals surface area contributed by atoms with Gasteiger partial charge in [0.25, 0.3) is 0 Å². The maximum Gasteiger partial charge on any atom is 0.128 e. The molecule has 2 heterocycles. The molecule has 1 aromatic heterocycles. The summed E-state index contributed by atoms with van der Waals surface area (Å²) in [7, 11) is 2.05. The average Bonchev–Trinajstić information content (AvgIpc) is 3.09. The van der Waals surface area contributed by atoms with Gasteiger partial charge in [0.05, 0.1) is 12.2 Å². The van der Waals surface area contributed by atoms with Crippen LogP contribution in [0.25, 0.3) is 0 Å². The molecule has 28 heavy (non-hydrogen) atoms. The molecule has 0 radical (unpaired) electrons. The third-order valence-corrected chi connectivity index (χ3v) is 4.95. The molecule has 1 unspecified atom stereocenters. The quantitative estimate of drug-likeness (QED) is 0.635. The maximum atomic E-state index is 11.0. The number of ether oxygens (including phenoxy) is 2. The van der Waals surface area contributed by atoms with Crippen molar-refractivity contribution >= 4 is 5.82 Å². The Morgan fingerprint density at radius 3 is 2.71 bits per heavy atom. The van der Waals surface area contributed by atoms with E-state index in [4.69, 9.17) is 9.47 Å². The molecule has 0 aliphatic carbocycles. The molecule has 1 atom stereocenters. The normalized spacial score (nSPS) is 19.4. The van der Waals surface area contributed by atoms with Crippen LogP contribution in [0.1, 0.15) is 18.9 Å². The minimum absolute atomic E-state index is 0.562. The standard InChI is InChI=1S/C22H31N3O3/c1-3-27-14-15-28-20-9-7-19(8-10-20)16-24(2)17-22(26)11-13-25(18-22)21-6-4-5-12-23-21/h4-10,12,26H,3,11,13-18H2,1-2H3. The topological polar surface area (TPSA) is 58.1 Å². The minimum Gasteiger partial charge on any atom is -0.491 e. The van der Waals surface area contributed by atoms with Crippen LogP contribution in [0.4, 0.5) is 5.82 Å². The van der Waals surface area contributed by atoms with Crippen LogP contribution < -0.4 is 9.64 Å². The molecule has 1 saturated heterocycles. The van der Waals surface area contributed by atoms with Crippen molar-refractivity contribution in [2.75, 3.05) is 51.4 Å². The lowest BCUT2D eigenvalue weighted by Crippen LogP contribution is -2.43. The number of aliphatic hydroxyl groups is 1. The van der Waals surface area contributed by atoms with Gasteiger partial charge in [-0.15, -0.1) is 0 Å². The number of likely N-dealkylation sites (N-methyl/N-ethyl adjacent to an activating group) is 1. The first-order chi connectivity index (χ1) is 13.6. The smallest absolute Gasteiger partial charge is 0.128 e. The van der Waals surface area contributed by atoms with E-state index in [1.54, 1.807) is 6.20 Å². The lowest BCUT2D eigenvalue weighted by Gasteiger charge is -2.29. The molecule has 1 aliphatic rings. The van der Waals surface area contributed by atoms with Crippen molar-refractivity contribution in [3.8, 4) is 5.75 Å². The van der Waals surface area contributed by atoms with Gasteiger partial charge in [-0.25, -0.2) is 4.98 Å². The van der Waals surface area contributed by atoms with Gasteiger partial charge in [0.15, 0.2) is 0 Å². The van der Waals surface area contributed by atoms with E-state index in [0.29, 0.717) is 32.9 Å². The molecule has 0 spiro atoms. The van der Waals surface area contributed by atoms with Crippen molar-refractivity contribution in [1.29, 1.82) is 0 Å². The van der Waals surface area contributed by atoms with Crippen LogP contribution in [0, 0.1) is 0 Å². The zero-order valence-electron chi connectivity index (χ0n) is 16.9. The minimum atomic E-state index is -0.714. The predicted molar refractivity (Wildman–Crippen MR) is 111 cm³/mol. The zero-order valence-corrected chi connectivity index (χ0v) is 16.9. The second-order valence-electron chi connectivity index (χ2n) is 7.45. The van der Waals surface area contributed by atoms with Gasteiger partial charge in [-0.2, -0.15) is 0 Å². The van der Waals surface area contributed by atoms with E-state index >= 15 is 0 Å². The molecule has 6 nitrogen and oxygen atoms in total. The Kier molecular flexibility index (Phi) is 7.25. The van der Waals surface area contributed by atoms with Crippen LogP contribution >= 0.6 is 0 Å². The number of pyridine rings is 1. The molecular weight excluding hydrogens is 354 g/mol. The third-order valence-electron chi connectivity index (χ3n) is 4.95. The first-order valence-corrected chi connectivity index (χ1v) is 9.94. The fourth-order valence-corrected chi connectivity index (χ4v) is 3.65. The molecule has 3 rings (SSSR count). The number of hydrogen-bond acceptors (Lipinski definition) is 6. The highest BCUT2D eigenvalue weighted by molar-refractivity contribution is 5.40. The Hall–Kier alpha value is -2.15. The van der Waals surface area contributed by atoms with Gasteiger partial charge < -0.3 is 19.5 Å². The number of benzene rings is 1. The van der Waals surface area contributed by atoms with Crippen molar-refractivity contribution in [2.24, 2.45) is 0 Å². The Labute approximate surface area is 167 Å². The first-order valence-electron chi connectivity index (χ1n) is 9.94. The third kappa shape index (κ3) is 5.92. The Balaban J connectivity index is 1.46. The molecule has 6 heteroatoms. The fraction of sp³-hybridized carbons (Fsp3) is 0.500. The Morgan fingerprint density at radius 1 is 1.18 bits per heavy atom. The van der Waals surface area contributed by atoms with Crippen LogP contribution in [0.2, 0.25) is 0 Å². The summed E-state index contributed by atoms with van der Waals surface area (Å²) in [5, 5.41) is 11.0. The van der Waals surface area contributed by atoms with Gasteiger partial charge in [-0.05, 0) is 50.2 Å². The highest BCUT2D eigenvalue weighted by Gasteiger charge is 2.37. The lowest BCUT2D eigenvalue weighted by molar-refractivity contribution is 0.0279. The number of nitrogens with zero attached hydrogens (tertiary/aromatic N) is 3. The van der Waals surface area contributed by atoms with Gasteiger partial charge >= 0.3 is 0 Å². The van der Waals surface area contributed by atoms with Crippen molar-refractivity contribution in [3.63, 3.8) is 0 Å². The number of β-amino-alcohol motifs (C(OH)–C–C–N with tert-alkyl or cyclic N) is 1. The summed E-state index contributed by atoms with van der Waals surface area (Å²) in [5.41, 5.74) is 0.483. The largest absolute Gasteiger partial charge is 0.491 e. The Bertz CT molecular complexity index is 711. The van der Waals surface area contributed by atoms with Gasteiger partial charge in [-0.3, -0.25) is 4.90 Å². The van der Waals surface area contributed by atoms with Crippen LogP contribution in [-0.2, 0) is 11.3 Å². The summed E-state index contributed by atoms with van der Waals surface area (Å²) in [4.78, 5) is 8.72. The highest BCUT2D eigenvalue weighted by atomic mass is 16.5. The molecule has 1 N–H and O–H groups in total. The first kappa shape index (κ1) is 20.6. The summed E-state index contributed by atoms with van der Waals surface area (Å²) in [6, 6.07) is 14.0. The van der Waals surface area contributed by atoms with E-state index in [-0.39, 0.29) is 0 Å². The molecule has 2 aromatic rings. The number of rotatable bonds is 10. The zero-order chi connectivity index (χ0) is 19.8. The molecular formula is C22H31N3O3. The number of aromatic nitrogens is 1. The summed E-state index contributed by atoms with van der Waals surface area (Å²) < 4.78 is 10.9. The van der Waals surface area contributed by atoms with Gasteiger partial charge in [0, 0.05) is 39.0 Å².